The molecule has 9 heteroatoms. The van der Waals surface area contributed by atoms with Gasteiger partial charge in [0.1, 0.15) is 11.5 Å². The maximum Gasteiger partial charge on any atom is 0.263 e. The molecule has 0 saturated carbocycles. The Morgan fingerprint density at radius 1 is 1.19 bits per heavy atom. The Morgan fingerprint density at radius 2 is 2.00 bits per heavy atom. The largest absolute Gasteiger partial charge is 0.497 e. The molecule has 0 N–H and O–H groups in total. The van der Waals surface area contributed by atoms with Crippen molar-refractivity contribution in [2.75, 3.05) is 58.5 Å². The van der Waals surface area contributed by atoms with Gasteiger partial charge in [0.2, 0.25) is 0 Å². The molecule has 1 saturated heterocycles. The highest BCUT2D eigenvalue weighted by Crippen LogP contribution is 2.33. The SMILES string of the molecule is COc1ccc2sc(N(CCCN3CCOCC3)C(=O)c3cc(Cl)ccc3OC)nc2c1. The molecule has 170 valence electrons. The standard InChI is InChI=1S/C23H26ClN3O4S/c1-29-17-5-7-21-19(15-17)25-23(32-21)27(9-3-8-26-10-12-31-13-11-26)22(28)18-14-16(24)4-6-20(18)30-2/h4-7,14-15H,3,8-13H2,1-2H3. The van der Waals surface area contributed by atoms with Crippen molar-refractivity contribution in [1.82, 2.24) is 9.88 Å². The van der Waals surface area contributed by atoms with Crippen molar-refractivity contribution in [1.29, 1.82) is 0 Å². The van der Waals surface area contributed by atoms with E-state index in [4.69, 9.17) is 30.8 Å². The van der Waals surface area contributed by atoms with Gasteiger partial charge in [-0.25, -0.2) is 4.98 Å². The van der Waals surface area contributed by atoms with Crippen LogP contribution in [0, 0.1) is 0 Å². The van der Waals surface area contributed by atoms with E-state index in [1.54, 1.807) is 37.3 Å². The molecule has 1 fully saturated rings. The molecule has 0 aliphatic carbocycles. The van der Waals surface area contributed by atoms with Gasteiger partial charge >= 0.3 is 0 Å². The Balaban J connectivity index is 1.63. The number of nitrogens with zero attached hydrogens (tertiary/aromatic N) is 3. The summed E-state index contributed by atoms with van der Waals surface area (Å²) in [6.45, 7) is 4.75. The smallest absolute Gasteiger partial charge is 0.263 e. The fraction of sp³-hybridized carbons (Fsp3) is 0.391. The van der Waals surface area contributed by atoms with Crippen LogP contribution in [0.1, 0.15) is 16.8 Å². The molecular weight excluding hydrogens is 450 g/mol. The minimum Gasteiger partial charge on any atom is -0.497 e. The number of rotatable bonds is 8. The minimum absolute atomic E-state index is 0.183. The number of amides is 1. The van der Waals surface area contributed by atoms with Crippen molar-refractivity contribution in [2.24, 2.45) is 0 Å². The molecule has 2 heterocycles. The van der Waals surface area contributed by atoms with Crippen molar-refractivity contribution in [2.45, 2.75) is 6.42 Å². The van der Waals surface area contributed by atoms with Crippen molar-refractivity contribution in [3.63, 3.8) is 0 Å². The predicted molar refractivity (Wildman–Crippen MR) is 128 cm³/mol. The highest BCUT2D eigenvalue weighted by molar-refractivity contribution is 7.22. The van der Waals surface area contributed by atoms with Gasteiger partial charge in [-0.15, -0.1) is 0 Å². The molecule has 1 aliphatic heterocycles. The van der Waals surface area contributed by atoms with E-state index in [0.717, 1.165) is 55.2 Å². The van der Waals surface area contributed by atoms with Crippen LogP contribution in [-0.2, 0) is 4.74 Å². The van der Waals surface area contributed by atoms with Gasteiger partial charge in [0.05, 0.1) is 43.2 Å². The lowest BCUT2D eigenvalue weighted by Crippen LogP contribution is -2.39. The van der Waals surface area contributed by atoms with Gasteiger partial charge in [0.15, 0.2) is 5.13 Å². The molecule has 1 aliphatic rings. The maximum atomic E-state index is 13.7. The number of carbonyl (C=O) groups is 1. The van der Waals surface area contributed by atoms with Gasteiger partial charge in [-0.3, -0.25) is 14.6 Å². The number of halogens is 1. The first-order chi connectivity index (χ1) is 15.6. The minimum atomic E-state index is -0.183. The molecule has 1 aromatic heterocycles. The molecule has 1 amide bonds. The first-order valence-electron chi connectivity index (χ1n) is 10.5. The Bertz CT molecular complexity index is 1080. The number of carbonyl (C=O) groups excluding carboxylic acids is 1. The van der Waals surface area contributed by atoms with E-state index >= 15 is 0 Å². The number of ether oxygens (including phenoxy) is 3. The first-order valence-corrected chi connectivity index (χ1v) is 11.7. The van der Waals surface area contributed by atoms with Gasteiger partial charge in [-0.2, -0.15) is 0 Å². The fourth-order valence-corrected chi connectivity index (χ4v) is 4.83. The number of hydrogen-bond acceptors (Lipinski definition) is 7. The van der Waals surface area contributed by atoms with Crippen molar-refractivity contribution in [3.8, 4) is 11.5 Å². The number of anilines is 1. The predicted octanol–water partition coefficient (Wildman–Crippen LogP) is 4.34. The molecule has 0 atom stereocenters. The second kappa shape index (κ2) is 10.5. The summed E-state index contributed by atoms with van der Waals surface area (Å²) in [4.78, 5) is 22.5. The maximum absolute atomic E-state index is 13.7. The van der Waals surface area contributed by atoms with Crippen LogP contribution in [0.5, 0.6) is 11.5 Å². The Morgan fingerprint density at radius 3 is 2.75 bits per heavy atom. The topological polar surface area (TPSA) is 64.1 Å². The van der Waals surface area contributed by atoms with Crippen LogP contribution in [0.25, 0.3) is 10.2 Å². The third-order valence-corrected chi connectivity index (χ3v) is 6.71. The zero-order valence-electron chi connectivity index (χ0n) is 18.2. The number of hydrogen-bond donors (Lipinski definition) is 0. The normalized spacial score (nSPS) is 14.5. The highest BCUT2D eigenvalue weighted by Gasteiger charge is 2.25. The highest BCUT2D eigenvalue weighted by atomic mass is 35.5. The van der Waals surface area contributed by atoms with Gasteiger partial charge in [0.25, 0.3) is 5.91 Å². The molecule has 0 bridgehead atoms. The van der Waals surface area contributed by atoms with Crippen molar-refractivity contribution >= 4 is 44.2 Å². The van der Waals surface area contributed by atoms with E-state index in [-0.39, 0.29) is 5.91 Å². The summed E-state index contributed by atoms with van der Waals surface area (Å²) >= 11 is 7.68. The zero-order valence-corrected chi connectivity index (χ0v) is 19.7. The lowest BCUT2D eigenvalue weighted by atomic mass is 10.1. The van der Waals surface area contributed by atoms with Crippen LogP contribution in [0.15, 0.2) is 36.4 Å². The summed E-state index contributed by atoms with van der Waals surface area (Å²) in [5.41, 5.74) is 1.22. The lowest BCUT2D eigenvalue weighted by molar-refractivity contribution is 0.0376. The number of thiazole rings is 1. The Hall–Kier alpha value is -2.39. The van der Waals surface area contributed by atoms with E-state index in [9.17, 15) is 4.79 Å². The quantitative estimate of drug-likeness (QED) is 0.483. The molecule has 2 aromatic carbocycles. The summed E-state index contributed by atoms with van der Waals surface area (Å²) in [6, 6.07) is 10.8. The van der Waals surface area contributed by atoms with E-state index < -0.39 is 0 Å². The molecule has 3 aromatic rings. The van der Waals surface area contributed by atoms with Crippen LogP contribution >= 0.6 is 22.9 Å². The number of methoxy groups -OCH3 is 2. The molecule has 0 spiro atoms. The number of fused-ring (bicyclic) bond motifs is 1. The van der Waals surface area contributed by atoms with Crippen LogP contribution in [-0.4, -0.2) is 69.4 Å². The average Bonchev–Trinajstić information content (AvgIpc) is 3.25. The second-order valence-corrected chi connectivity index (χ2v) is 8.88. The van der Waals surface area contributed by atoms with E-state index in [1.165, 1.54) is 11.3 Å². The molecule has 0 radical (unpaired) electrons. The number of aromatic nitrogens is 1. The summed E-state index contributed by atoms with van der Waals surface area (Å²) in [5, 5.41) is 1.12. The third kappa shape index (κ3) is 5.15. The van der Waals surface area contributed by atoms with Crippen LogP contribution in [0.2, 0.25) is 5.02 Å². The van der Waals surface area contributed by atoms with Gasteiger partial charge in [0, 0.05) is 37.3 Å². The van der Waals surface area contributed by atoms with Crippen LogP contribution < -0.4 is 14.4 Å². The summed E-state index contributed by atoms with van der Waals surface area (Å²) in [7, 11) is 3.17. The Labute approximate surface area is 196 Å². The monoisotopic (exact) mass is 475 g/mol. The summed E-state index contributed by atoms with van der Waals surface area (Å²) in [5.74, 6) is 1.04. The van der Waals surface area contributed by atoms with Gasteiger partial charge < -0.3 is 14.2 Å². The lowest BCUT2D eigenvalue weighted by Gasteiger charge is -2.28. The fourth-order valence-electron chi connectivity index (χ4n) is 3.69. The van der Waals surface area contributed by atoms with Crippen molar-refractivity contribution in [3.05, 3.63) is 47.0 Å². The Kier molecular flexibility index (Phi) is 7.47. The average molecular weight is 476 g/mol. The van der Waals surface area contributed by atoms with Gasteiger partial charge in [-0.05, 0) is 36.8 Å². The van der Waals surface area contributed by atoms with E-state index in [1.807, 2.05) is 18.2 Å². The molecular formula is C23H26ClN3O4S. The summed E-state index contributed by atoms with van der Waals surface area (Å²) in [6.07, 6.45) is 0.813. The van der Waals surface area contributed by atoms with Crippen molar-refractivity contribution < 1.29 is 19.0 Å². The van der Waals surface area contributed by atoms with Gasteiger partial charge in [-0.1, -0.05) is 22.9 Å². The van der Waals surface area contributed by atoms with Crippen LogP contribution in [0.3, 0.4) is 0 Å². The molecule has 32 heavy (non-hydrogen) atoms. The van der Waals surface area contributed by atoms with E-state index in [2.05, 4.69) is 4.90 Å². The zero-order chi connectivity index (χ0) is 22.5. The molecule has 0 unspecified atom stereocenters. The second-order valence-electron chi connectivity index (χ2n) is 7.44. The van der Waals surface area contributed by atoms with Crippen LogP contribution in [0.4, 0.5) is 5.13 Å². The number of benzene rings is 2. The van der Waals surface area contributed by atoms with E-state index in [0.29, 0.717) is 28.0 Å². The summed E-state index contributed by atoms with van der Waals surface area (Å²) < 4.78 is 17.2. The number of morpholine rings is 1. The molecule has 4 rings (SSSR count). The molecule has 7 nitrogen and oxygen atoms in total. The third-order valence-electron chi connectivity index (χ3n) is 5.41. The first kappa shape index (κ1) is 22.8.